The summed E-state index contributed by atoms with van der Waals surface area (Å²) in [7, 11) is 0. The van der Waals surface area contributed by atoms with Crippen molar-refractivity contribution < 1.29 is 9.31 Å². The molecule has 0 radical (unpaired) electrons. The van der Waals surface area contributed by atoms with Crippen molar-refractivity contribution in [2.45, 2.75) is 33.9 Å². The Hall–Kier alpha value is -2.09. The summed E-state index contributed by atoms with van der Waals surface area (Å²) in [5.74, 6) is -0.0253. The van der Waals surface area contributed by atoms with Gasteiger partial charge in [0.15, 0.2) is 0 Å². The maximum Gasteiger partial charge on any atom is 0.282 e. The van der Waals surface area contributed by atoms with Gasteiger partial charge in [0.25, 0.3) is 5.69 Å². The molecular weight excluding hydrogens is 515 g/mol. The fourth-order valence-corrected chi connectivity index (χ4v) is 7.28. The number of thioether (sulfide) groups is 1. The summed E-state index contributed by atoms with van der Waals surface area (Å²) in [6.07, 6.45) is 0.788. The second-order valence-corrected chi connectivity index (χ2v) is 10.9. The van der Waals surface area contributed by atoms with Gasteiger partial charge in [0, 0.05) is 27.4 Å². The smallest absolute Gasteiger partial charge is 0.282 e. The molecule has 1 saturated carbocycles. The highest BCUT2D eigenvalue weighted by Crippen LogP contribution is 2.58. The Kier molecular flexibility index (Phi) is 5.90. The highest BCUT2D eigenvalue weighted by atomic mass is 79.9. The average molecular weight is 534 g/mol. The predicted octanol–water partition coefficient (Wildman–Crippen LogP) is 7.54. The predicted molar refractivity (Wildman–Crippen MR) is 130 cm³/mol. The van der Waals surface area contributed by atoms with Crippen molar-refractivity contribution in [1.29, 1.82) is 0 Å². The highest BCUT2D eigenvalue weighted by molar-refractivity contribution is 9.10. The van der Waals surface area contributed by atoms with E-state index in [9.17, 15) is 14.5 Å². The molecule has 32 heavy (non-hydrogen) atoms. The van der Waals surface area contributed by atoms with E-state index in [0.717, 1.165) is 27.7 Å². The minimum absolute atomic E-state index is 0.00227. The minimum atomic E-state index is -0.344. The number of para-hydroxylation sites is 1. The normalized spacial score (nSPS) is 26.2. The number of anilines is 1. The van der Waals surface area contributed by atoms with Crippen LogP contribution >= 0.6 is 39.3 Å². The molecule has 0 bridgehead atoms. The Morgan fingerprint density at radius 1 is 1.12 bits per heavy atom. The first-order valence-electron chi connectivity index (χ1n) is 10.3. The van der Waals surface area contributed by atoms with Crippen molar-refractivity contribution in [1.82, 2.24) is 0 Å². The van der Waals surface area contributed by atoms with Gasteiger partial charge in [-0.1, -0.05) is 40.2 Å². The van der Waals surface area contributed by atoms with Gasteiger partial charge in [-0.2, -0.15) is 0 Å². The fraction of sp³-hybridized carbons (Fsp3) is 0.250. The van der Waals surface area contributed by atoms with Crippen molar-refractivity contribution >= 4 is 50.7 Å². The number of nitrogens with one attached hydrogen (secondary N) is 1. The number of halogens is 3. The number of nitro groups is 1. The van der Waals surface area contributed by atoms with Crippen LogP contribution in [-0.2, 0) is 0 Å². The molecule has 0 amide bonds. The lowest BCUT2D eigenvalue weighted by Crippen LogP contribution is -2.31. The van der Waals surface area contributed by atoms with Crippen LogP contribution < -0.4 is 5.32 Å². The Balaban J connectivity index is 1.53. The number of hydrogen-bond acceptors (Lipinski definition) is 4. The topological polar surface area (TPSA) is 55.2 Å². The Morgan fingerprint density at radius 2 is 1.88 bits per heavy atom. The lowest BCUT2D eigenvalue weighted by atomic mass is 9.77. The number of fused-ring (bicyclic) bond motifs is 3. The van der Waals surface area contributed by atoms with E-state index in [1.807, 2.05) is 30.3 Å². The van der Waals surface area contributed by atoms with Crippen LogP contribution in [0.2, 0.25) is 0 Å². The molecule has 1 fully saturated rings. The third-order valence-corrected chi connectivity index (χ3v) is 8.95. The minimum Gasteiger partial charge on any atom is -0.378 e. The van der Waals surface area contributed by atoms with E-state index in [2.05, 4.69) is 27.3 Å². The van der Waals surface area contributed by atoms with E-state index in [1.165, 1.54) is 30.0 Å². The molecule has 0 saturated heterocycles. The first-order chi connectivity index (χ1) is 15.4. The molecule has 2 aliphatic rings. The van der Waals surface area contributed by atoms with Gasteiger partial charge >= 0.3 is 0 Å². The van der Waals surface area contributed by atoms with Crippen molar-refractivity contribution in [2.75, 3.05) is 5.32 Å². The quantitative estimate of drug-likeness (QED) is 0.214. The molecule has 5 atom stereocenters. The van der Waals surface area contributed by atoms with E-state index in [4.69, 9.17) is 11.6 Å². The maximum absolute atomic E-state index is 13.6. The average Bonchev–Trinajstić information content (AvgIpc) is 3.10. The summed E-state index contributed by atoms with van der Waals surface area (Å²) < 4.78 is 14.6. The molecule has 0 aromatic heterocycles. The summed E-state index contributed by atoms with van der Waals surface area (Å²) in [6, 6.07) is 19.5. The maximum atomic E-state index is 13.6. The number of hydrogen-bond donors (Lipinski definition) is 1. The highest BCUT2D eigenvalue weighted by Gasteiger charge is 2.50. The molecule has 4 nitrogen and oxygen atoms in total. The number of rotatable bonds is 4. The second-order valence-electron chi connectivity index (χ2n) is 8.16. The lowest BCUT2D eigenvalue weighted by Gasteiger charge is -2.38. The first kappa shape index (κ1) is 21.7. The SMILES string of the molecule is O=[N+]([O-])c1ccccc1S[C@H]1C[C@H]2[C@H](c3cc(Br)ccc3N[C@H]2c2ccc(F)cc2)[C@@H]1Cl. The van der Waals surface area contributed by atoms with E-state index in [-0.39, 0.29) is 44.9 Å². The molecule has 0 unspecified atom stereocenters. The van der Waals surface area contributed by atoms with E-state index in [0.29, 0.717) is 4.90 Å². The zero-order valence-electron chi connectivity index (χ0n) is 16.8. The molecule has 1 N–H and O–H groups in total. The molecular formula is C24H19BrClFN2O2S. The van der Waals surface area contributed by atoms with E-state index < -0.39 is 0 Å². The molecule has 8 heteroatoms. The first-order valence-corrected chi connectivity index (χ1v) is 12.4. The van der Waals surface area contributed by atoms with Gasteiger partial charge in [-0.25, -0.2) is 4.39 Å². The molecule has 164 valence electrons. The van der Waals surface area contributed by atoms with Gasteiger partial charge in [-0.15, -0.1) is 23.4 Å². The second kappa shape index (κ2) is 8.69. The van der Waals surface area contributed by atoms with Crippen LogP contribution in [0.25, 0.3) is 0 Å². The summed E-state index contributed by atoms with van der Waals surface area (Å²) in [5, 5.41) is 15.0. The Bertz CT molecular complexity index is 1180. The largest absolute Gasteiger partial charge is 0.378 e. The van der Waals surface area contributed by atoms with Gasteiger partial charge in [0.2, 0.25) is 0 Å². The van der Waals surface area contributed by atoms with Gasteiger partial charge < -0.3 is 5.32 Å². The van der Waals surface area contributed by atoms with Crippen molar-refractivity contribution in [2.24, 2.45) is 5.92 Å². The number of benzene rings is 3. The fourth-order valence-electron chi connectivity index (χ4n) is 4.96. The van der Waals surface area contributed by atoms with Gasteiger partial charge in [-0.05, 0) is 59.9 Å². The van der Waals surface area contributed by atoms with Gasteiger partial charge in [0.05, 0.1) is 21.2 Å². The molecule has 1 aliphatic carbocycles. The van der Waals surface area contributed by atoms with Crippen LogP contribution in [0, 0.1) is 21.8 Å². The number of nitro benzene ring substituents is 1. The van der Waals surface area contributed by atoms with Crippen LogP contribution in [0.3, 0.4) is 0 Å². The van der Waals surface area contributed by atoms with Gasteiger partial charge in [-0.3, -0.25) is 10.1 Å². The zero-order valence-corrected chi connectivity index (χ0v) is 19.9. The summed E-state index contributed by atoms with van der Waals surface area (Å²) in [6.45, 7) is 0. The standard InChI is InChI=1S/C24H19BrClFN2O2S/c25-14-7-10-18-16(11-14)22-17(24(28-18)13-5-8-15(27)9-6-13)12-21(23(22)26)32-20-4-2-1-3-19(20)29(30)31/h1-11,17,21-24,28H,12H2/t17-,21-,22-,23+,24-/m0/s1. The zero-order chi connectivity index (χ0) is 22.4. The third kappa shape index (κ3) is 3.91. The molecule has 1 aliphatic heterocycles. The van der Waals surface area contributed by atoms with Crippen LogP contribution in [0.15, 0.2) is 76.1 Å². The van der Waals surface area contributed by atoms with Crippen LogP contribution in [0.5, 0.6) is 0 Å². The van der Waals surface area contributed by atoms with Crippen molar-refractivity contribution in [3.05, 3.63) is 98.3 Å². The molecule has 0 spiro atoms. The van der Waals surface area contributed by atoms with Crippen LogP contribution in [0.1, 0.15) is 29.5 Å². The number of nitrogens with zero attached hydrogens (tertiary/aromatic N) is 1. The summed E-state index contributed by atoms with van der Waals surface area (Å²) in [4.78, 5) is 11.8. The van der Waals surface area contributed by atoms with Crippen molar-refractivity contribution in [3.63, 3.8) is 0 Å². The molecule has 5 rings (SSSR count). The van der Waals surface area contributed by atoms with Crippen LogP contribution in [-0.4, -0.2) is 15.6 Å². The molecule has 3 aromatic carbocycles. The summed E-state index contributed by atoms with van der Waals surface area (Å²) in [5.41, 5.74) is 3.28. The molecule has 3 aromatic rings. The van der Waals surface area contributed by atoms with E-state index in [1.54, 1.807) is 12.1 Å². The van der Waals surface area contributed by atoms with Gasteiger partial charge in [0.1, 0.15) is 5.82 Å². The third-order valence-electron chi connectivity index (χ3n) is 6.35. The lowest BCUT2D eigenvalue weighted by molar-refractivity contribution is -0.387. The summed E-state index contributed by atoms with van der Waals surface area (Å²) >= 11 is 12.2. The van der Waals surface area contributed by atoms with Crippen molar-refractivity contribution in [3.8, 4) is 0 Å². The number of alkyl halides is 1. The molecule has 1 heterocycles. The monoisotopic (exact) mass is 532 g/mol. The van der Waals surface area contributed by atoms with Crippen LogP contribution in [0.4, 0.5) is 15.8 Å². The van der Waals surface area contributed by atoms with E-state index >= 15 is 0 Å². The Morgan fingerprint density at radius 3 is 2.62 bits per heavy atom. The Labute approximate surface area is 202 Å².